The third-order valence-electron chi connectivity index (χ3n) is 3.41. The van der Waals surface area contributed by atoms with Crippen molar-refractivity contribution in [1.29, 1.82) is 0 Å². The number of ether oxygens (including phenoxy) is 1. The summed E-state index contributed by atoms with van der Waals surface area (Å²) in [5.41, 5.74) is 3.18. The standard InChI is InChI=1S/C15H18ClN3OS/c1-11-10-21-14(18-11)9-17-13-4-2-3-12(16)15(13)19-5-7-20-8-6-19/h2-4,10,17H,5-9H2,1H3. The summed E-state index contributed by atoms with van der Waals surface area (Å²) >= 11 is 8.09. The molecule has 2 aromatic rings. The monoisotopic (exact) mass is 323 g/mol. The van der Waals surface area contributed by atoms with Gasteiger partial charge in [0.2, 0.25) is 0 Å². The molecule has 1 aliphatic rings. The molecule has 0 radical (unpaired) electrons. The summed E-state index contributed by atoms with van der Waals surface area (Å²) in [6, 6.07) is 5.98. The molecule has 112 valence electrons. The lowest BCUT2D eigenvalue weighted by Gasteiger charge is -2.31. The normalized spacial score (nSPS) is 15.2. The first kappa shape index (κ1) is 14.6. The lowest BCUT2D eigenvalue weighted by Crippen LogP contribution is -2.36. The molecule has 4 nitrogen and oxygen atoms in total. The number of morpholine rings is 1. The molecular formula is C15H18ClN3OS. The van der Waals surface area contributed by atoms with Crippen molar-refractivity contribution in [2.75, 3.05) is 36.5 Å². The summed E-state index contributed by atoms with van der Waals surface area (Å²) in [6.45, 7) is 5.96. The molecule has 0 spiro atoms. The lowest BCUT2D eigenvalue weighted by atomic mass is 10.2. The third kappa shape index (κ3) is 3.48. The number of nitrogens with one attached hydrogen (secondary N) is 1. The van der Waals surface area contributed by atoms with Crippen LogP contribution < -0.4 is 10.2 Å². The van der Waals surface area contributed by atoms with E-state index in [4.69, 9.17) is 16.3 Å². The van der Waals surface area contributed by atoms with Crippen LogP contribution in [0.1, 0.15) is 10.7 Å². The van der Waals surface area contributed by atoms with Crippen molar-refractivity contribution in [3.05, 3.63) is 39.3 Å². The van der Waals surface area contributed by atoms with Crippen molar-refractivity contribution >= 4 is 34.3 Å². The van der Waals surface area contributed by atoms with Gasteiger partial charge in [-0.1, -0.05) is 17.7 Å². The van der Waals surface area contributed by atoms with E-state index in [1.807, 2.05) is 19.1 Å². The van der Waals surface area contributed by atoms with Gasteiger partial charge in [-0.3, -0.25) is 0 Å². The van der Waals surface area contributed by atoms with Crippen LogP contribution in [-0.2, 0) is 11.3 Å². The molecule has 1 aliphatic heterocycles. The van der Waals surface area contributed by atoms with E-state index in [0.717, 1.165) is 59.9 Å². The number of rotatable bonds is 4. The van der Waals surface area contributed by atoms with E-state index in [1.165, 1.54) is 0 Å². The number of para-hydroxylation sites is 1. The van der Waals surface area contributed by atoms with Gasteiger partial charge in [-0.25, -0.2) is 4.98 Å². The Morgan fingerprint density at radius 1 is 1.38 bits per heavy atom. The maximum absolute atomic E-state index is 6.41. The fourth-order valence-corrected chi connectivity index (χ4v) is 3.43. The van der Waals surface area contributed by atoms with Gasteiger partial charge in [0.05, 0.1) is 36.2 Å². The maximum Gasteiger partial charge on any atom is 0.112 e. The van der Waals surface area contributed by atoms with Crippen molar-refractivity contribution in [2.24, 2.45) is 0 Å². The van der Waals surface area contributed by atoms with Crippen molar-refractivity contribution in [3.63, 3.8) is 0 Å². The molecule has 0 unspecified atom stereocenters. The van der Waals surface area contributed by atoms with E-state index in [9.17, 15) is 0 Å². The van der Waals surface area contributed by atoms with Crippen LogP contribution in [0.25, 0.3) is 0 Å². The minimum atomic E-state index is 0.718. The smallest absolute Gasteiger partial charge is 0.112 e. The number of aryl methyl sites for hydroxylation is 1. The van der Waals surface area contributed by atoms with Gasteiger partial charge in [0.1, 0.15) is 5.01 Å². The average Bonchev–Trinajstić information content (AvgIpc) is 2.92. The van der Waals surface area contributed by atoms with Crippen LogP contribution in [0.5, 0.6) is 0 Å². The Balaban J connectivity index is 1.79. The van der Waals surface area contributed by atoms with Crippen molar-refractivity contribution in [2.45, 2.75) is 13.5 Å². The van der Waals surface area contributed by atoms with Crippen LogP contribution in [0.3, 0.4) is 0 Å². The van der Waals surface area contributed by atoms with Crippen LogP contribution in [0, 0.1) is 6.92 Å². The summed E-state index contributed by atoms with van der Waals surface area (Å²) < 4.78 is 5.42. The fraction of sp³-hybridized carbons (Fsp3) is 0.400. The fourth-order valence-electron chi connectivity index (χ4n) is 2.42. The second-order valence-corrected chi connectivity index (χ2v) is 6.32. The molecule has 0 aliphatic carbocycles. The summed E-state index contributed by atoms with van der Waals surface area (Å²) in [4.78, 5) is 6.76. The number of aromatic nitrogens is 1. The summed E-state index contributed by atoms with van der Waals surface area (Å²) in [5.74, 6) is 0. The van der Waals surface area contributed by atoms with Gasteiger partial charge in [-0.15, -0.1) is 11.3 Å². The molecule has 3 rings (SSSR count). The Bertz CT molecular complexity index is 611. The van der Waals surface area contributed by atoms with Crippen LogP contribution in [0.4, 0.5) is 11.4 Å². The number of thiazole rings is 1. The van der Waals surface area contributed by atoms with Gasteiger partial charge in [0.15, 0.2) is 0 Å². The Labute approximate surface area is 133 Å². The zero-order chi connectivity index (χ0) is 14.7. The zero-order valence-corrected chi connectivity index (χ0v) is 13.5. The number of hydrogen-bond acceptors (Lipinski definition) is 5. The Hall–Kier alpha value is -1.30. The van der Waals surface area contributed by atoms with E-state index < -0.39 is 0 Å². The number of benzene rings is 1. The minimum Gasteiger partial charge on any atom is -0.378 e. The van der Waals surface area contributed by atoms with Crippen LogP contribution in [0.2, 0.25) is 5.02 Å². The highest BCUT2D eigenvalue weighted by atomic mass is 35.5. The molecule has 0 atom stereocenters. The Morgan fingerprint density at radius 2 is 2.19 bits per heavy atom. The van der Waals surface area contributed by atoms with Gasteiger partial charge in [-0.2, -0.15) is 0 Å². The summed E-state index contributed by atoms with van der Waals surface area (Å²) in [7, 11) is 0. The van der Waals surface area contributed by atoms with Gasteiger partial charge >= 0.3 is 0 Å². The second kappa shape index (κ2) is 6.64. The Kier molecular flexibility index (Phi) is 4.63. The van der Waals surface area contributed by atoms with Crippen LogP contribution in [-0.4, -0.2) is 31.3 Å². The number of hydrogen-bond donors (Lipinski definition) is 1. The minimum absolute atomic E-state index is 0.718. The predicted molar refractivity (Wildman–Crippen MR) is 88.7 cm³/mol. The molecule has 0 bridgehead atoms. The molecule has 0 amide bonds. The lowest BCUT2D eigenvalue weighted by molar-refractivity contribution is 0.123. The molecule has 1 fully saturated rings. The SMILES string of the molecule is Cc1csc(CNc2cccc(Cl)c2N2CCOCC2)n1. The molecule has 1 aromatic carbocycles. The number of anilines is 2. The molecular weight excluding hydrogens is 306 g/mol. The van der Waals surface area contributed by atoms with E-state index in [0.29, 0.717) is 0 Å². The van der Waals surface area contributed by atoms with Gasteiger partial charge in [0, 0.05) is 24.2 Å². The molecule has 2 heterocycles. The van der Waals surface area contributed by atoms with Crippen molar-refractivity contribution in [1.82, 2.24) is 4.98 Å². The summed E-state index contributed by atoms with van der Waals surface area (Å²) in [6.07, 6.45) is 0. The average molecular weight is 324 g/mol. The quantitative estimate of drug-likeness (QED) is 0.933. The molecule has 1 N–H and O–H groups in total. The van der Waals surface area contributed by atoms with E-state index in [2.05, 4.69) is 26.6 Å². The highest BCUT2D eigenvalue weighted by Gasteiger charge is 2.17. The third-order valence-corrected chi connectivity index (χ3v) is 4.68. The molecule has 21 heavy (non-hydrogen) atoms. The Morgan fingerprint density at radius 3 is 2.90 bits per heavy atom. The van der Waals surface area contributed by atoms with Crippen molar-refractivity contribution in [3.8, 4) is 0 Å². The highest BCUT2D eigenvalue weighted by molar-refractivity contribution is 7.09. The van der Waals surface area contributed by atoms with Gasteiger partial charge in [0.25, 0.3) is 0 Å². The molecule has 0 saturated carbocycles. The zero-order valence-electron chi connectivity index (χ0n) is 11.9. The predicted octanol–water partition coefficient (Wildman–Crippen LogP) is 3.55. The first-order valence-corrected chi connectivity index (χ1v) is 8.26. The summed E-state index contributed by atoms with van der Waals surface area (Å²) in [5, 5.41) is 7.39. The van der Waals surface area contributed by atoms with E-state index in [1.54, 1.807) is 11.3 Å². The number of nitrogens with zero attached hydrogens (tertiary/aromatic N) is 2. The largest absolute Gasteiger partial charge is 0.378 e. The maximum atomic E-state index is 6.41. The topological polar surface area (TPSA) is 37.4 Å². The van der Waals surface area contributed by atoms with Crippen molar-refractivity contribution < 1.29 is 4.74 Å². The van der Waals surface area contributed by atoms with Crippen LogP contribution in [0.15, 0.2) is 23.6 Å². The first-order valence-electron chi connectivity index (χ1n) is 7.00. The highest BCUT2D eigenvalue weighted by Crippen LogP contribution is 2.34. The van der Waals surface area contributed by atoms with E-state index in [-0.39, 0.29) is 0 Å². The second-order valence-electron chi connectivity index (χ2n) is 4.97. The van der Waals surface area contributed by atoms with Gasteiger partial charge in [-0.05, 0) is 19.1 Å². The van der Waals surface area contributed by atoms with Gasteiger partial charge < -0.3 is 15.0 Å². The molecule has 1 aromatic heterocycles. The first-order chi connectivity index (χ1) is 10.2. The van der Waals surface area contributed by atoms with E-state index >= 15 is 0 Å². The molecule has 1 saturated heterocycles. The van der Waals surface area contributed by atoms with Crippen LogP contribution >= 0.6 is 22.9 Å². The number of halogens is 1. The molecule has 6 heteroatoms.